The lowest BCUT2D eigenvalue weighted by atomic mass is 9.97. The maximum atomic E-state index is 13.6. The molecule has 0 aliphatic carbocycles. The number of thioether (sulfide) groups is 1. The van der Waals surface area contributed by atoms with Crippen LogP contribution in [-0.4, -0.2) is 20.3 Å². The molecule has 0 saturated carbocycles. The number of hydrogen-bond acceptors (Lipinski definition) is 8. The highest BCUT2D eigenvalue weighted by atomic mass is 32.2. The van der Waals surface area contributed by atoms with Gasteiger partial charge in [0.1, 0.15) is 0 Å². The van der Waals surface area contributed by atoms with E-state index in [9.17, 15) is 4.39 Å². The van der Waals surface area contributed by atoms with E-state index < -0.39 is 11.9 Å². The molecular weight excluding hydrogens is 359 g/mol. The van der Waals surface area contributed by atoms with Gasteiger partial charge in [0.15, 0.2) is 23.5 Å². The molecule has 26 heavy (non-hydrogen) atoms. The van der Waals surface area contributed by atoms with Gasteiger partial charge >= 0.3 is 0 Å². The largest absolute Gasteiger partial charge is 0.478 e. The summed E-state index contributed by atoms with van der Waals surface area (Å²) < 4.78 is 30.0. The summed E-state index contributed by atoms with van der Waals surface area (Å²) in [5.41, 5.74) is -0.201. The van der Waals surface area contributed by atoms with Gasteiger partial charge in [-0.15, -0.1) is 10.2 Å². The van der Waals surface area contributed by atoms with Gasteiger partial charge in [0.05, 0.1) is 5.75 Å². The third-order valence-electron chi connectivity index (χ3n) is 3.34. The van der Waals surface area contributed by atoms with Crippen molar-refractivity contribution < 1.29 is 18.1 Å². The van der Waals surface area contributed by atoms with Crippen LogP contribution in [0.5, 0.6) is 5.75 Å². The number of ether oxygens (including phenoxy) is 1. The zero-order chi connectivity index (χ0) is 18.7. The quantitative estimate of drug-likeness (QED) is 0.586. The molecule has 0 spiro atoms. The molecule has 0 amide bonds. The van der Waals surface area contributed by atoms with Crippen molar-refractivity contribution in [3.05, 3.63) is 47.7 Å². The highest BCUT2D eigenvalue weighted by molar-refractivity contribution is 7.98. The molecule has 0 fully saturated rings. The van der Waals surface area contributed by atoms with Crippen molar-refractivity contribution in [3.63, 3.8) is 0 Å². The van der Waals surface area contributed by atoms with Crippen LogP contribution in [-0.2, 0) is 11.2 Å². The molecule has 0 bridgehead atoms. The Kier molecular flexibility index (Phi) is 5.26. The van der Waals surface area contributed by atoms with Crippen molar-refractivity contribution in [1.82, 2.24) is 20.3 Å². The van der Waals surface area contributed by atoms with Crippen molar-refractivity contribution in [3.8, 4) is 5.75 Å². The van der Waals surface area contributed by atoms with Crippen LogP contribution in [0.2, 0.25) is 0 Å². The maximum Gasteiger partial charge on any atom is 0.277 e. The van der Waals surface area contributed by atoms with Gasteiger partial charge in [-0.2, -0.15) is 4.98 Å². The predicted octanol–water partition coefficient (Wildman–Crippen LogP) is 4.32. The van der Waals surface area contributed by atoms with Crippen molar-refractivity contribution in [1.29, 1.82) is 0 Å². The first-order chi connectivity index (χ1) is 12.3. The molecule has 7 nitrogen and oxygen atoms in total. The van der Waals surface area contributed by atoms with Crippen molar-refractivity contribution in [2.24, 2.45) is 0 Å². The summed E-state index contributed by atoms with van der Waals surface area (Å²) in [6, 6.07) is 6.16. The molecule has 3 rings (SSSR count). The van der Waals surface area contributed by atoms with E-state index in [1.807, 2.05) is 20.8 Å². The Bertz CT molecular complexity index is 875. The number of nitrogens with zero attached hydrogens (tertiary/aromatic N) is 4. The van der Waals surface area contributed by atoms with Gasteiger partial charge in [-0.1, -0.05) is 49.8 Å². The first kappa shape index (κ1) is 18.4. The zero-order valence-electron chi connectivity index (χ0n) is 14.9. The molecule has 3 aromatic rings. The van der Waals surface area contributed by atoms with Crippen LogP contribution in [0, 0.1) is 5.82 Å². The van der Waals surface area contributed by atoms with Crippen LogP contribution in [0.15, 0.2) is 38.4 Å². The molecule has 0 aliphatic heterocycles. The van der Waals surface area contributed by atoms with Gasteiger partial charge in [-0.05, 0) is 19.1 Å². The molecule has 0 unspecified atom stereocenters. The molecule has 0 N–H and O–H groups in total. The Balaban J connectivity index is 1.59. The summed E-state index contributed by atoms with van der Waals surface area (Å²) in [7, 11) is 0. The van der Waals surface area contributed by atoms with Crippen LogP contribution in [0.25, 0.3) is 0 Å². The lowest BCUT2D eigenvalue weighted by Gasteiger charge is -2.11. The van der Waals surface area contributed by atoms with Gasteiger partial charge in [0, 0.05) is 5.41 Å². The number of halogens is 1. The first-order valence-corrected chi connectivity index (χ1v) is 9.02. The second-order valence-corrected chi connectivity index (χ2v) is 7.58. The van der Waals surface area contributed by atoms with Crippen molar-refractivity contribution in [2.75, 3.05) is 0 Å². The van der Waals surface area contributed by atoms with Gasteiger partial charge in [-0.25, -0.2) is 4.39 Å². The van der Waals surface area contributed by atoms with Crippen molar-refractivity contribution in [2.45, 2.75) is 50.2 Å². The average molecular weight is 378 g/mol. The third kappa shape index (κ3) is 4.40. The summed E-state index contributed by atoms with van der Waals surface area (Å²) in [4.78, 5) is 4.35. The van der Waals surface area contributed by atoms with Crippen LogP contribution in [0.1, 0.15) is 51.4 Å². The molecule has 0 aliphatic rings. The summed E-state index contributed by atoms with van der Waals surface area (Å²) in [6.45, 7) is 7.71. The molecule has 0 saturated heterocycles. The maximum absolute atomic E-state index is 13.6. The van der Waals surface area contributed by atoms with E-state index in [0.29, 0.717) is 22.7 Å². The number of benzene rings is 1. The lowest BCUT2D eigenvalue weighted by Crippen LogP contribution is -2.11. The van der Waals surface area contributed by atoms with Gasteiger partial charge in [0.2, 0.25) is 5.89 Å². The highest BCUT2D eigenvalue weighted by Gasteiger charge is 2.22. The first-order valence-electron chi connectivity index (χ1n) is 8.03. The molecule has 9 heteroatoms. The summed E-state index contributed by atoms with van der Waals surface area (Å²) >= 11 is 1.29. The lowest BCUT2D eigenvalue weighted by molar-refractivity contribution is 0.174. The standard InChI is InChI=1S/C17H19FN4O3S/c1-10(23-12-8-6-5-7-11(12)18)14-20-21-16(24-14)26-9-13-19-15(25-22-13)17(2,3)4/h5-8,10H,9H2,1-4H3/t10-/m0/s1. The molecule has 2 aromatic heterocycles. The minimum absolute atomic E-state index is 0.133. The number of para-hydroxylation sites is 1. The molecule has 1 aromatic carbocycles. The Labute approximate surface area is 154 Å². The second-order valence-electron chi connectivity index (χ2n) is 6.65. The van der Waals surface area contributed by atoms with E-state index in [1.165, 1.54) is 17.8 Å². The number of rotatable bonds is 6. The van der Waals surface area contributed by atoms with E-state index in [0.717, 1.165) is 0 Å². The molecule has 2 heterocycles. The number of hydrogen-bond donors (Lipinski definition) is 0. The van der Waals surface area contributed by atoms with Crippen LogP contribution >= 0.6 is 11.8 Å². The Hall–Kier alpha value is -2.42. The summed E-state index contributed by atoms with van der Waals surface area (Å²) in [5, 5.41) is 12.2. The molecular formula is C17H19FN4O3S. The van der Waals surface area contributed by atoms with E-state index in [2.05, 4.69) is 20.3 Å². The van der Waals surface area contributed by atoms with Gasteiger partial charge in [0.25, 0.3) is 11.1 Å². The van der Waals surface area contributed by atoms with Gasteiger partial charge < -0.3 is 13.7 Å². The topological polar surface area (TPSA) is 87.1 Å². The minimum Gasteiger partial charge on any atom is -0.478 e. The predicted molar refractivity (Wildman–Crippen MR) is 92.3 cm³/mol. The van der Waals surface area contributed by atoms with Crippen LogP contribution in [0.3, 0.4) is 0 Å². The fourth-order valence-corrected chi connectivity index (χ4v) is 2.58. The Morgan fingerprint density at radius 1 is 1.23 bits per heavy atom. The summed E-state index contributed by atoms with van der Waals surface area (Å²) in [6.07, 6.45) is -0.577. The third-order valence-corrected chi connectivity index (χ3v) is 4.16. The monoisotopic (exact) mass is 378 g/mol. The fraction of sp³-hybridized carbons (Fsp3) is 0.412. The molecule has 1 atom stereocenters. The van der Waals surface area contributed by atoms with E-state index in [-0.39, 0.29) is 17.1 Å². The van der Waals surface area contributed by atoms with Crippen molar-refractivity contribution >= 4 is 11.8 Å². The smallest absolute Gasteiger partial charge is 0.277 e. The van der Waals surface area contributed by atoms with E-state index in [4.69, 9.17) is 13.7 Å². The number of aromatic nitrogens is 4. The zero-order valence-corrected chi connectivity index (χ0v) is 15.7. The molecule has 0 radical (unpaired) electrons. The normalized spacial score (nSPS) is 13.0. The second kappa shape index (κ2) is 7.45. The van der Waals surface area contributed by atoms with E-state index >= 15 is 0 Å². The highest BCUT2D eigenvalue weighted by Crippen LogP contribution is 2.27. The summed E-state index contributed by atoms with van der Waals surface area (Å²) in [5.74, 6) is 1.51. The molecule has 138 valence electrons. The van der Waals surface area contributed by atoms with Crippen LogP contribution in [0.4, 0.5) is 4.39 Å². The average Bonchev–Trinajstić information content (AvgIpc) is 3.24. The minimum atomic E-state index is -0.577. The Morgan fingerprint density at radius 3 is 2.69 bits per heavy atom. The van der Waals surface area contributed by atoms with Gasteiger partial charge in [-0.3, -0.25) is 0 Å². The fourth-order valence-electron chi connectivity index (χ4n) is 1.97. The SMILES string of the molecule is C[C@H](Oc1ccccc1F)c1nnc(SCc2noc(C(C)(C)C)n2)o1. The Morgan fingerprint density at radius 2 is 2.00 bits per heavy atom. The van der Waals surface area contributed by atoms with Crippen LogP contribution < -0.4 is 4.74 Å². The van der Waals surface area contributed by atoms with E-state index in [1.54, 1.807) is 25.1 Å².